The molecule has 5 nitrogen and oxygen atoms in total. The number of rotatable bonds is 3. The molecule has 0 unspecified atom stereocenters. The first-order valence-electron chi connectivity index (χ1n) is 6.51. The van der Waals surface area contributed by atoms with E-state index in [4.69, 9.17) is 15.0 Å². The Labute approximate surface area is 115 Å². The lowest BCUT2D eigenvalue weighted by molar-refractivity contribution is 0.00578. The van der Waals surface area contributed by atoms with Crippen molar-refractivity contribution in [3.05, 3.63) is 18.0 Å². The van der Waals surface area contributed by atoms with Crippen molar-refractivity contribution in [2.24, 2.45) is 0 Å². The van der Waals surface area contributed by atoms with Gasteiger partial charge >= 0.3 is 7.12 Å². The normalized spacial score (nSPS) is 20.8. The minimum Gasteiger partial charge on any atom is -0.399 e. The molecule has 19 heavy (non-hydrogen) atoms. The Balaban J connectivity index is 2.37. The first-order valence-corrected chi connectivity index (χ1v) is 6.51. The van der Waals surface area contributed by atoms with E-state index in [0.29, 0.717) is 12.2 Å². The summed E-state index contributed by atoms with van der Waals surface area (Å²) in [6, 6.07) is 0. The van der Waals surface area contributed by atoms with Crippen molar-refractivity contribution in [1.82, 2.24) is 10.3 Å². The van der Waals surface area contributed by atoms with Crippen LogP contribution in [0.3, 0.4) is 0 Å². The smallest absolute Gasteiger partial charge is 0.399 e. The largest absolute Gasteiger partial charge is 0.496 e. The average molecular weight is 263 g/mol. The Morgan fingerprint density at radius 2 is 1.79 bits per heavy atom. The number of anilines is 1. The molecule has 1 aliphatic heterocycles. The van der Waals surface area contributed by atoms with E-state index >= 15 is 0 Å². The molecular formula is C13H22BN3O2. The third kappa shape index (κ3) is 2.48. The minimum absolute atomic E-state index is 0.362. The monoisotopic (exact) mass is 263 g/mol. The van der Waals surface area contributed by atoms with Gasteiger partial charge in [-0.3, -0.25) is 4.98 Å². The zero-order valence-corrected chi connectivity index (χ0v) is 12.3. The summed E-state index contributed by atoms with van der Waals surface area (Å²) < 4.78 is 12.1. The van der Waals surface area contributed by atoms with Gasteiger partial charge in [-0.25, -0.2) is 0 Å². The topological polar surface area (TPSA) is 69.4 Å². The summed E-state index contributed by atoms with van der Waals surface area (Å²) in [6.07, 6.45) is 3.42. The molecule has 0 radical (unpaired) electrons. The Bertz CT molecular complexity index is 461. The van der Waals surface area contributed by atoms with Gasteiger partial charge in [0.15, 0.2) is 0 Å². The van der Waals surface area contributed by atoms with Crippen LogP contribution in [0.25, 0.3) is 0 Å². The molecule has 0 aliphatic carbocycles. The predicted octanol–water partition coefficient (Wildman–Crippen LogP) is 0.682. The van der Waals surface area contributed by atoms with Crippen LogP contribution in [0.2, 0.25) is 0 Å². The van der Waals surface area contributed by atoms with Crippen LogP contribution in [0, 0.1) is 0 Å². The highest BCUT2D eigenvalue weighted by Crippen LogP contribution is 2.36. The third-order valence-corrected chi connectivity index (χ3v) is 3.98. The summed E-state index contributed by atoms with van der Waals surface area (Å²) >= 11 is 0. The summed E-state index contributed by atoms with van der Waals surface area (Å²) in [5, 5.41) is 3.11. The maximum atomic E-state index is 6.05. The second-order valence-electron chi connectivity index (χ2n) is 5.92. The van der Waals surface area contributed by atoms with Gasteiger partial charge in [-0.15, -0.1) is 0 Å². The fraction of sp³-hybridized carbons (Fsp3) is 0.615. The highest BCUT2D eigenvalue weighted by molar-refractivity contribution is 6.62. The Hall–Kier alpha value is -1.11. The number of nitrogens with one attached hydrogen (secondary N) is 1. The number of nitrogens with two attached hydrogens (primary N) is 1. The lowest BCUT2D eigenvalue weighted by Gasteiger charge is -2.32. The summed E-state index contributed by atoms with van der Waals surface area (Å²) in [5.41, 5.74) is 7.81. The zero-order chi connectivity index (χ0) is 14.3. The number of hydrogen-bond donors (Lipinski definition) is 2. The number of nitrogen functional groups attached to an aromatic ring is 1. The van der Waals surface area contributed by atoms with Crippen LogP contribution in [0.1, 0.15) is 33.3 Å². The molecule has 0 aromatic carbocycles. The van der Waals surface area contributed by atoms with Gasteiger partial charge in [0, 0.05) is 18.2 Å². The molecule has 0 spiro atoms. The fourth-order valence-electron chi connectivity index (χ4n) is 2.07. The van der Waals surface area contributed by atoms with Gasteiger partial charge in [0.05, 0.1) is 23.1 Å². The van der Waals surface area contributed by atoms with E-state index in [0.717, 1.165) is 11.0 Å². The maximum absolute atomic E-state index is 6.05. The van der Waals surface area contributed by atoms with Crippen molar-refractivity contribution in [1.29, 1.82) is 0 Å². The highest BCUT2D eigenvalue weighted by atomic mass is 16.7. The van der Waals surface area contributed by atoms with Crippen LogP contribution in [-0.4, -0.2) is 30.4 Å². The van der Waals surface area contributed by atoms with Crippen LogP contribution in [0.15, 0.2) is 12.4 Å². The fourth-order valence-corrected chi connectivity index (χ4v) is 2.07. The van der Waals surface area contributed by atoms with Crippen LogP contribution in [0.4, 0.5) is 5.69 Å². The molecule has 1 fully saturated rings. The Morgan fingerprint density at radius 1 is 1.21 bits per heavy atom. The van der Waals surface area contributed by atoms with E-state index in [9.17, 15) is 0 Å². The molecule has 2 rings (SSSR count). The van der Waals surface area contributed by atoms with E-state index in [1.807, 2.05) is 34.7 Å². The van der Waals surface area contributed by atoms with E-state index in [-0.39, 0.29) is 11.2 Å². The number of nitrogens with zero attached hydrogens (tertiary/aromatic N) is 1. The van der Waals surface area contributed by atoms with Crippen LogP contribution >= 0.6 is 0 Å². The third-order valence-electron chi connectivity index (χ3n) is 3.98. The van der Waals surface area contributed by atoms with Gasteiger partial charge in [0.25, 0.3) is 0 Å². The summed E-state index contributed by atoms with van der Waals surface area (Å²) in [5.74, 6) is 0. The first kappa shape index (κ1) is 14.3. The average Bonchev–Trinajstić information content (AvgIpc) is 2.51. The Kier molecular flexibility index (Phi) is 3.60. The van der Waals surface area contributed by atoms with Crippen molar-refractivity contribution in [3.63, 3.8) is 0 Å². The summed E-state index contributed by atoms with van der Waals surface area (Å²) in [4.78, 5) is 4.15. The van der Waals surface area contributed by atoms with E-state index < -0.39 is 7.12 Å². The van der Waals surface area contributed by atoms with Crippen molar-refractivity contribution in [2.45, 2.75) is 45.4 Å². The molecule has 6 heteroatoms. The van der Waals surface area contributed by atoms with Crippen molar-refractivity contribution < 1.29 is 9.31 Å². The van der Waals surface area contributed by atoms with E-state index in [2.05, 4.69) is 10.3 Å². The van der Waals surface area contributed by atoms with Crippen LogP contribution in [-0.2, 0) is 15.9 Å². The molecule has 0 atom stereocenters. The summed E-state index contributed by atoms with van der Waals surface area (Å²) in [7, 11) is 1.46. The van der Waals surface area contributed by atoms with Gasteiger partial charge in [-0.05, 0) is 40.3 Å². The molecule has 0 amide bonds. The van der Waals surface area contributed by atoms with Crippen LogP contribution in [0.5, 0.6) is 0 Å². The molecule has 3 N–H and O–H groups in total. The SMILES string of the molecule is CNCc1c(N)cncc1B1OC(C)(C)C(C)(C)O1. The zero-order valence-electron chi connectivity index (χ0n) is 12.3. The number of aromatic nitrogens is 1. The van der Waals surface area contributed by atoms with Gasteiger partial charge in [0.1, 0.15) is 0 Å². The molecule has 2 heterocycles. The second kappa shape index (κ2) is 4.78. The van der Waals surface area contributed by atoms with Gasteiger partial charge in [-0.2, -0.15) is 0 Å². The summed E-state index contributed by atoms with van der Waals surface area (Å²) in [6.45, 7) is 8.79. The molecule has 1 saturated heterocycles. The lowest BCUT2D eigenvalue weighted by Crippen LogP contribution is -2.41. The van der Waals surface area contributed by atoms with Crippen molar-refractivity contribution in [2.75, 3.05) is 12.8 Å². The first-order chi connectivity index (χ1) is 8.78. The van der Waals surface area contributed by atoms with Gasteiger partial charge in [-0.1, -0.05) is 0 Å². The van der Waals surface area contributed by atoms with Crippen molar-refractivity contribution >= 4 is 18.3 Å². The lowest BCUT2D eigenvalue weighted by atomic mass is 9.76. The molecule has 1 aromatic heterocycles. The molecule has 0 saturated carbocycles. The quantitative estimate of drug-likeness (QED) is 0.785. The van der Waals surface area contributed by atoms with Crippen LogP contribution < -0.4 is 16.5 Å². The molecule has 1 aliphatic rings. The molecule has 104 valence electrons. The second-order valence-corrected chi connectivity index (χ2v) is 5.92. The van der Waals surface area contributed by atoms with Gasteiger partial charge in [0.2, 0.25) is 0 Å². The Morgan fingerprint density at radius 3 is 2.32 bits per heavy atom. The standard InChI is InChI=1S/C13H22BN3O2/c1-12(2)13(3,4)19-14(18-12)10-7-17-8-11(15)9(10)6-16-5/h7-8,16H,6,15H2,1-5H3. The molecule has 0 bridgehead atoms. The predicted molar refractivity (Wildman–Crippen MR) is 77.1 cm³/mol. The van der Waals surface area contributed by atoms with Crippen molar-refractivity contribution in [3.8, 4) is 0 Å². The maximum Gasteiger partial charge on any atom is 0.496 e. The highest BCUT2D eigenvalue weighted by Gasteiger charge is 2.52. The molecular weight excluding hydrogens is 241 g/mol. The van der Waals surface area contributed by atoms with E-state index in [1.54, 1.807) is 12.4 Å². The number of hydrogen-bond acceptors (Lipinski definition) is 5. The van der Waals surface area contributed by atoms with Gasteiger partial charge < -0.3 is 20.4 Å². The van der Waals surface area contributed by atoms with E-state index in [1.165, 1.54) is 0 Å². The molecule has 1 aromatic rings. The number of pyridine rings is 1. The minimum atomic E-state index is -0.427.